The summed E-state index contributed by atoms with van der Waals surface area (Å²) in [4.78, 5) is 40.0. The molecule has 4 heterocycles. The molecule has 3 fully saturated rings. The van der Waals surface area contributed by atoms with Gasteiger partial charge in [-0.25, -0.2) is 9.59 Å². The first-order valence-corrected chi connectivity index (χ1v) is 15.6. The van der Waals surface area contributed by atoms with Crippen molar-refractivity contribution in [1.29, 1.82) is 0 Å². The third-order valence-corrected chi connectivity index (χ3v) is 10.5. The van der Waals surface area contributed by atoms with Crippen molar-refractivity contribution in [2.24, 2.45) is 16.7 Å². The number of rotatable bonds is 7. The number of fused-ring (bicyclic) bond motifs is 3. The highest BCUT2D eigenvalue weighted by Gasteiger charge is 2.64. The lowest BCUT2D eigenvalue weighted by Crippen LogP contribution is -2.63. The van der Waals surface area contributed by atoms with Gasteiger partial charge in [-0.1, -0.05) is 13.8 Å². The molecule has 48 heavy (non-hydrogen) atoms. The zero-order valence-corrected chi connectivity index (χ0v) is 26.4. The van der Waals surface area contributed by atoms with E-state index in [-0.39, 0.29) is 36.4 Å². The highest BCUT2D eigenvalue weighted by atomic mass is 16.7. The number of aliphatic hydroxyl groups is 6. The van der Waals surface area contributed by atoms with Crippen LogP contribution >= 0.6 is 0 Å². The smallest absolute Gasteiger partial charge is 0.334 e. The van der Waals surface area contributed by atoms with Gasteiger partial charge in [0.2, 0.25) is 0 Å². The molecule has 3 aliphatic heterocycles. The van der Waals surface area contributed by atoms with Crippen LogP contribution in [0, 0.1) is 16.7 Å². The Bertz CT molecular complexity index is 1460. The first-order valence-electron chi connectivity index (χ1n) is 15.6. The normalized spacial score (nSPS) is 44.5. The first kappa shape index (κ1) is 34.8. The fourth-order valence-electron chi connectivity index (χ4n) is 7.73. The lowest BCUT2D eigenvalue weighted by molar-refractivity contribution is -0.331. The Morgan fingerprint density at radius 3 is 2.42 bits per heavy atom. The lowest BCUT2D eigenvalue weighted by atomic mass is 9.48. The quantitative estimate of drug-likeness (QED) is 0.181. The molecule has 14 atom stereocenters. The standard InChI is InChI=1S/C32H40O16/c1-31-9-18(13-4-5-43-10-13)46-28(41)15(31)8-21(32(2)16(27(40)42-3)6-14(33)7-20(31)32)48-30-26(39)24(37)23(36)19(47-30)12-45-29-25(38)22(35)17(34)11-44-29/h4-6,8,10,17-26,29-30,34-39H,7,9,11-12H2,1-3H3/t17-,18+,19-,20+,21-,22+,23-,24+,25-,26-,29+,30+,31-,32+/m1/s1. The Morgan fingerprint density at radius 2 is 1.73 bits per heavy atom. The summed E-state index contributed by atoms with van der Waals surface area (Å²) in [7, 11) is 1.16. The average molecular weight is 681 g/mol. The van der Waals surface area contributed by atoms with Crippen LogP contribution in [0.15, 0.2) is 46.3 Å². The molecule has 6 N–H and O–H groups in total. The van der Waals surface area contributed by atoms with Gasteiger partial charge in [-0.15, -0.1) is 0 Å². The number of hydrogen-bond acceptors (Lipinski definition) is 16. The molecule has 264 valence electrons. The number of hydrogen-bond donors (Lipinski definition) is 6. The van der Waals surface area contributed by atoms with Crippen LogP contribution in [0.1, 0.15) is 38.4 Å². The summed E-state index contributed by atoms with van der Waals surface area (Å²) < 4.78 is 38.9. The topological polar surface area (TPSA) is 241 Å². The third kappa shape index (κ3) is 5.73. The lowest BCUT2D eigenvalue weighted by Gasteiger charge is -2.58. The summed E-state index contributed by atoms with van der Waals surface area (Å²) in [5, 5.41) is 62.4. The van der Waals surface area contributed by atoms with Gasteiger partial charge < -0.3 is 63.5 Å². The van der Waals surface area contributed by atoms with E-state index in [4.69, 9.17) is 32.8 Å². The van der Waals surface area contributed by atoms with Gasteiger partial charge in [0.25, 0.3) is 0 Å². The van der Waals surface area contributed by atoms with E-state index in [9.17, 15) is 45.0 Å². The van der Waals surface area contributed by atoms with Gasteiger partial charge in [-0.3, -0.25) is 4.79 Å². The summed E-state index contributed by atoms with van der Waals surface area (Å²) in [5.74, 6) is -2.59. The summed E-state index contributed by atoms with van der Waals surface area (Å²) in [6.07, 6.45) is -10.6. The van der Waals surface area contributed by atoms with E-state index in [0.29, 0.717) is 5.56 Å². The fourth-order valence-corrected chi connectivity index (χ4v) is 7.73. The summed E-state index contributed by atoms with van der Waals surface area (Å²) in [6, 6.07) is 1.67. The van der Waals surface area contributed by atoms with Crippen LogP contribution in [0.3, 0.4) is 0 Å². The monoisotopic (exact) mass is 680 g/mol. The molecule has 6 rings (SSSR count). The second-order valence-electron chi connectivity index (χ2n) is 13.4. The van der Waals surface area contributed by atoms with Crippen molar-refractivity contribution in [3.63, 3.8) is 0 Å². The molecule has 16 nitrogen and oxygen atoms in total. The van der Waals surface area contributed by atoms with Gasteiger partial charge in [-0.05, 0) is 30.6 Å². The minimum Gasteiger partial charge on any atom is -0.472 e. The van der Waals surface area contributed by atoms with Gasteiger partial charge >= 0.3 is 11.9 Å². The molecule has 5 aliphatic rings. The van der Waals surface area contributed by atoms with E-state index in [2.05, 4.69) is 0 Å². The molecule has 1 aromatic rings. The molecule has 0 spiro atoms. The maximum absolute atomic E-state index is 13.6. The molecule has 0 radical (unpaired) electrons. The van der Waals surface area contributed by atoms with Crippen molar-refractivity contribution in [3.05, 3.63) is 47.5 Å². The predicted octanol–water partition coefficient (Wildman–Crippen LogP) is -1.44. The summed E-state index contributed by atoms with van der Waals surface area (Å²) >= 11 is 0. The van der Waals surface area contributed by atoms with Gasteiger partial charge in [0.05, 0.1) is 39.0 Å². The molecule has 0 saturated carbocycles. The van der Waals surface area contributed by atoms with Crippen molar-refractivity contribution in [3.8, 4) is 0 Å². The predicted molar refractivity (Wildman–Crippen MR) is 155 cm³/mol. The molecule has 3 saturated heterocycles. The number of carbonyl (C=O) groups excluding carboxylic acids is 3. The number of carbonyl (C=O) groups is 3. The maximum Gasteiger partial charge on any atom is 0.334 e. The molecule has 2 aliphatic carbocycles. The van der Waals surface area contributed by atoms with Crippen LogP contribution in [-0.4, -0.2) is 130 Å². The Balaban J connectivity index is 1.32. The highest BCUT2D eigenvalue weighted by molar-refractivity contribution is 6.03. The molecule has 0 bridgehead atoms. The van der Waals surface area contributed by atoms with Crippen molar-refractivity contribution in [2.75, 3.05) is 20.3 Å². The molecule has 0 aromatic carbocycles. The number of methoxy groups -OCH3 is 1. The molecular formula is C32H40O16. The zero-order valence-electron chi connectivity index (χ0n) is 26.4. The number of aliphatic hydroxyl groups excluding tert-OH is 6. The fraction of sp³-hybridized carbons (Fsp3) is 0.656. The van der Waals surface area contributed by atoms with Gasteiger partial charge in [0, 0.05) is 34.0 Å². The van der Waals surface area contributed by atoms with Crippen LogP contribution in [0.2, 0.25) is 0 Å². The number of furan rings is 1. The zero-order chi connectivity index (χ0) is 34.7. The van der Waals surface area contributed by atoms with E-state index >= 15 is 0 Å². The second-order valence-corrected chi connectivity index (χ2v) is 13.4. The third-order valence-electron chi connectivity index (χ3n) is 10.5. The van der Waals surface area contributed by atoms with E-state index < -0.39 is 103 Å². The molecule has 0 amide bonds. The van der Waals surface area contributed by atoms with Gasteiger partial charge in [0.15, 0.2) is 18.4 Å². The van der Waals surface area contributed by atoms with Crippen molar-refractivity contribution in [2.45, 2.75) is 94.2 Å². The maximum atomic E-state index is 13.6. The second kappa shape index (κ2) is 13.0. The SMILES string of the molecule is COC(=O)C1=CC(=O)C[C@@H]2[C@@]1(C)[C@H](O[C@@H]1O[C@H](CO[C@@H]3OC[C@@H](O)[C@H](O)[C@H]3O)[C@@H](O)[C@H](O)[C@H]1O)C=C1C(=O)O[C@H](c3ccoc3)C[C@]12C. The van der Waals surface area contributed by atoms with Gasteiger partial charge in [-0.2, -0.15) is 0 Å². The largest absolute Gasteiger partial charge is 0.472 e. The van der Waals surface area contributed by atoms with Crippen LogP contribution < -0.4 is 0 Å². The van der Waals surface area contributed by atoms with Crippen molar-refractivity contribution in [1.82, 2.24) is 0 Å². The van der Waals surface area contributed by atoms with Crippen LogP contribution in [0.25, 0.3) is 0 Å². The number of esters is 2. The minimum absolute atomic E-state index is 0.0264. The van der Waals surface area contributed by atoms with Crippen molar-refractivity contribution < 1.29 is 77.9 Å². The number of ether oxygens (including phenoxy) is 6. The van der Waals surface area contributed by atoms with Crippen LogP contribution in [0.4, 0.5) is 0 Å². The Hall–Kier alpha value is -3.03. The Labute approximate surface area is 274 Å². The Morgan fingerprint density at radius 1 is 1.00 bits per heavy atom. The molecule has 1 aromatic heterocycles. The average Bonchev–Trinajstić information content (AvgIpc) is 3.60. The first-order chi connectivity index (χ1) is 22.7. The van der Waals surface area contributed by atoms with Gasteiger partial charge in [0.1, 0.15) is 48.8 Å². The Kier molecular flexibility index (Phi) is 9.44. The summed E-state index contributed by atoms with van der Waals surface area (Å²) in [5.41, 5.74) is -1.60. The van der Waals surface area contributed by atoms with E-state index in [1.165, 1.54) is 24.7 Å². The number of cyclic esters (lactones) is 1. The number of ketones is 1. The highest BCUT2D eigenvalue weighted by Crippen LogP contribution is 2.63. The molecular weight excluding hydrogens is 640 g/mol. The van der Waals surface area contributed by atoms with Crippen LogP contribution in [-0.2, 0) is 42.8 Å². The number of allylic oxidation sites excluding steroid dienone is 1. The van der Waals surface area contributed by atoms with Crippen LogP contribution in [0.5, 0.6) is 0 Å². The molecule has 0 unspecified atom stereocenters. The van der Waals surface area contributed by atoms with E-state index in [0.717, 1.165) is 7.11 Å². The molecule has 16 heteroatoms. The summed E-state index contributed by atoms with van der Waals surface area (Å²) in [6.45, 7) is 2.63. The van der Waals surface area contributed by atoms with E-state index in [1.807, 2.05) is 6.92 Å². The minimum atomic E-state index is -1.84. The van der Waals surface area contributed by atoms with Crippen molar-refractivity contribution >= 4 is 17.7 Å². The van der Waals surface area contributed by atoms with E-state index in [1.54, 1.807) is 13.0 Å².